The molecule has 0 fully saturated rings. The summed E-state index contributed by atoms with van der Waals surface area (Å²) < 4.78 is 6.65. The van der Waals surface area contributed by atoms with E-state index in [1.807, 2.05) is 6.07 Å². The number of amides is 1. The average molecular weight is 453 g/mol. The number of fused-ring (bicyclic) bond motifs is 1. The molecule has 1 aliphatic rings. The minimum atomic E-state index is -0.648. The van der Waals surface area contributed by atoms with Crippen LogP contribution in [0.5, 0.6) is 0 Å². The number of esters is 1. The van der Waals surface area contributed by atoms with Crippen molar-refractivity contribution in [3.05, 3.63) is 37.7 Å². The normalized spacial score (nSPS) is 13.6. The lowest BCUT2D eigenvalue weighted by atomic mass is 9.95. The third kappa shape index (κ3) is 4.32. The largest absolute Gasteiger partial charge is 0.462 e. The van der Waals surface area contributed by atoms with Gasteiger partial charge in [-0.1, -0.05) is 11.6 Å². The summed E-state index contributed by atoms with van der Waals surface area (Å²) in [5.74, 6) is -1.11. The molecule has 29 heavy (non-hydrogen) atoms. The highest BCUT2D eigenvalue weighted by Crippen LogP contribution is 2.38. The van der Waals surface area contributed by atoms with E-state index in [0.717, 1.165) is 36.1 Å². The highest BCUT2D eigenvalue weighted by Gasteiger charge is 2.28. The number of nitriles is 1. The van der Waals surface area contributed by atoms with Gasteiger partial charge in [0.25, 0.3) is 5.91 Å². The number of aryl methyl sites for hydroxylation is 1. The van der Waals surface area contributed by atoms with Crippen molar-refractivity contribution < 1.29 is 14.3 Å². The van der Waals surface area contributed by atoms with E-state index in [0.29, 0.717) is 16.3 Å². The number of hydrogen-bond acceptors (Lipinski definition) is 6. The fourth-order valence-corrected chi connectivity index (χ4v) is 4.89. The first kappa shape index (κ1) is 21.4. The Kier molecular flexibility index (Phi) is 6.63. The summed E-state index contributed by atoms with van der Waals surface area (Å²) in [6.45, 7) is 1.97. The van der Waals surface area contributed by atoms with Crippen LogP contribution in [-0.4, -0.2) is 28.0 Å². The molecule has 1 N–H and O–H groups in total. The van der Waals surface area contributed by atoms with Crippen LogP contribution < -0.4 is 5.32 Å². The third-order valence-corrected chi connectivity index (χ3v) is 6.39. The van der Waals surface area contributed by atoms with Crippen LogP contribution in [0, 0.1) is 11.3 Å². The van der Waals surface area contributed by atoms with Crippen molar-refractivity contribution >= 4 is 57.5 Å². The minimum absolute atomic E-state index is 0.0804. The molecular weight excluding hydrogens is 435 g/mol. The topological polar surface area (TPSA) is 97.0 Å². The Balaban J connectivity index is 1.95. The van der Waals surface area contributed by atoms with E-state index >= 15 is 0 Å². The van der Waals surface area contributed by atoms with Crippen LogP contribution in [0.2, 0.25) is 10.4 Å². The maximum Gasteiger partial charge on any atom is 0.341 e. The Labute approximate surface area is 181 Å². The second-order valence-corrected chi connectivity index (χ2v) is 8.18. The summed E-state index contributed by atoms with van der Waals surface area (Å²) in [4.78, 5) is 30.2. The molecule has 1 amide bonds. The van der Waals surface area contributed by atoms with E-state index in [2.05, 4.69) is 10.3 Å². The van der Waals surface area contributed by atoms with Crippen LogP contribution >= 0.6 is 34.5 Å². The van der Waals surface area contributed by atoms with Crippen LogP contribution in [-0.2, 0) is 29.4 Å². The van der Waals surface area contributed by atoms with Crippen molar-refractivity contribution in [2.75, 3.05) is 11.9 Å². The van der Waals surface area contributed by atoms with E-state index in [4.69, 9.17) is 27.9 Å². The standard InChI is InChI=1S/C19H18Cl2N4O3S/c1-3-28-18(27)14-11-6-4-5-7-13(11)29-17(14)24-16(26)10(9-22)8-12-15(20)23-19(21)25(12)2/h8H,3-7H2,1-2H3,(H,24,26)/b10-8+. The van der Waals surface area contributed by atoms with Crippen LogP contribution in [0.3, 0.4) is 0 Å². The maximum atomic E-state index is 12.8. The van der Waals surface area contributed by atoms with Gasteiger partial charge in [0, 0.05) is 11.9 Å². The Morgan fingerprint density at radius 3 is 2.72 bits per heavy atom. The minimum Gasteiger partial charge on any atom is -0.462 e. The maximum absolute atomic E-state index is 12.8. The van der Waals surface area contributed by atoms with Gasteiger partial charge in [-0.25, -0.2) is 9.78 Å². The molecule has 0 atom stereocenters. The molecule has 3 rings (SSSR count). The molecule has 152 valence electrons. The molecule has 7 nitrogen and oxygen atoms in total. The number of rotatable bonds is 5. The summed E-state index contributed by atoms with van der Waals surface area (Å²) >= 11 is 13.3. The quantitative estimate of drug-likeness (QED) is 0.412. The molecular formula is C19H18Cl2N4O3S. The predicted molar refractivity (Wildman–Crippen MR) is 112 cm³/mol. The Morgan fingerprint density at radius 1 is 1.38 bits per heavy atom. The van der Waals surface area contributed by atoms with Gasteiger partial charge in [-0.05, 0) is 55.8 Å². The molecule has 0 saturated heterocycles. The van der Waals surface area contributed by atoms with Gasteiger partial charge in [0.1, 0.15) is 16.6 Å². The van der Waals surface area contributed by atoms with Gasteiger partial charge < -0.3 is 14.6 Å². The van der Waals surface area contributed by atoms with Gasteiger partial charge in [0.15, 0.2) is 5.15 Å². The monoisotopic (exact) mass is 452 g/mol. The molecule has 1 aliphatic carbocycles. The van der Waals surface area contributed by atoms with Crippen molar-refractivity contribution in [3.8, 4) is 6.07 Å². The van der Waals surface area contributed by atoms with Gasteiger partial charge in [0.05, 0.1) is 17.9 Å². The summed E-state index contributed by atoms with van der Waals surface area (Å²) in [6.07, 6.45) is 4.94. The number of hydrogen-bond donors (Lipinski definition) is 1. The molecule has 2 heterocycles. The lowest BCUT2D eigenvalue weighted by Gasteiger charge is -2.12. The number of carbonyl (C=O) groups excluding carboxylic acids is 2. The van der Waals surface area contributed by atoms with E-state index < -0.39 is 11.9 Å². The molecule has 0 unspecified atom stereocenters. The van der Waals surface area contributed by atoms with Crippen LogP contribution in [0.1, 0.15) is 46.3 Å². The summed E-state index contributed by atoms with van der Waals surface area (Å²) in [7, 11) is 1.62. The first-order valence-electron chi connectivity index (χ1n) is 8.99. The average Bonchev–Trinajstić information content (AvgIpc) is 3.16. The van der Waals surface area contributed by atoms with Gasteiger partial charge in [0.2, 0.25) is 5.28 Å². The van der Waals surface area contributed by atoms with Crippen LogP contribution in [0.25, 0.3) is 6.08 Å². The summed E-state index contributed by atoms with van der Waals surface area (Å²) in [5.41, 5.74) is 1.46. The first-order chi connectivity index (χ1) is 13.9. The molecule has 0 aromatic carbocycles. The second-order valence-electron chi connectivity index (χ2n) is 6.38. The smallest absolute Gasteiger partial charge is 0.341 e. The zero-order valence-corrected chi connectivity index (χ0v) is 18.2. The summed E-state index contributed by atoms with van der Waals surface area (Å²) in [5, 5.41) is 12.8. The number of halogens is 2. The fourth-order valence-electron chi connectivity index (χ4n) is 3.14. The lowest BCUT2D eigenvalue weighted by molar-refractivity contribution is -0.112. The predicted octanol–water partition coefficient (Wildman–Crippen LogP) is 4.39. The molecule has 0 radical (unpaired) electrons. The van der Waals surface area contributed by atoms with Crippen molar-refractivity contribution in [1.82, 2.24) is 9.55 Å². The highest BCUT2D eigenvalue weighted by molar-refractivity contribution is 7.17. The van der Waals surface area contributed by atoms with E-state index in [1.54, 1.807) is 14.0 Å². The first-order valence-corrected chi connectivity index (χ1v) is 10.6. The van der Waals surface area contributed by atoms with E-state index in [9.17, 15) is 14.9 Å². The molecule has 0 spiro atoms. The molecule has 0 saturated carbocycles. The van der Waals surface area contributed by atoms with Crippen molar-refractivity contribution in [2.24, 2.45) is 7.05 Å². The Bertz CT molecular complexity index is 1050. The summed E-state index contributed by atoms with van der Waals surface area (Å²) in [6, 6.07) is 1.86. The molecule has 0 bridgehead atoms. The number of carbonyl (C=O) groups is 2. The van der Waals surface area contributed by atoms with Gasteiger partial charge >= 0.3 is 5.97 Å². The second kappa shape index (κ2) is 8.99. The van der Waals surface area contributed by atoms with Crippen molar-refractivity contribution in [3.63, 3.8) is 0 Å². The van der Waals surface area contributed by atoms with Crippen molar-refractivity contribution in [2.45, 2.75) is 32.6 Å². The number of aromatic nitrogens is 2. The highest BCUT2D eigenvalue weighted by atomic mass is 35.5. The number of thiophene rings is 1. The van der Waals surface area contributed by atoms with Crippen molar-refractivity contribution in [1.29, 1.82) is 5.26 Å². The van der Waals surface area contributed by atoms with Gasteiger partial charge in [-0.2, -0.15) is 5.26 Å². The van der Waals surface area contributed by atoms with Crippen LogP contribution in [0.4, 0.5) is 5.00 Å². The van der Waals surface area contributed by atoms with E-state index in [1.165, 1.54) is 22.0 Å². The number of nitrogens with one attached hydrogen (secondary N) is 1. The molecule has 10 heteroatoms. The zero-order valence-electron chi connectivity index (χ0n) is 15.8. The van der Waals surface area contributed by atoms with E-state index in [-0.39, 0.29) is 22.6 Å². The fraction of sp³-hybridized carbons (Fsp3) is 0.368. The Hall–Kier alpha value is -2.34. The van der Waals surface area contributed by atoms with Gasteiger partial charge in [-0.3, -0.25) is 4.79 Å². The molecule has 0 aliphatic heterocycles. The number of nitrogens with zero attached hydrogens (tertiary/aromatic N) is 3. The molecule has 2 aromatic rings. The van der Waals surface area contributed by atoms with Gasteiger partial charge in [-0.15, -0.1) is 11.3 Å². The number of ether oxygens (including phenoxy) is 1. The number of imidazole rings is 1. The molecule has 2 aromatic heterocycles. The Morgan fingerprint density at radius 2 is 2.10 bits per heavy atom. The lowest BCUT2D eigenvalue weighted by Crippen LogP contribution is -2.17. The number of anilines is 1. The SMILES string of the molecule is CCOC(=O)c1c(NC(=O)/C(C#N)=C/c2c(Cl)nc(Cl)n2C)sc2c1CCCC2. The van der Waals surface area contributed by atoms with Crippen LogP contribution in [0.15, 0.2) is 5.57 Å². The zero-order chi connectivity index (χ0) is 21.1. The third-order valence-electron chi connectivity index (χ3n) is 4.56.